The van der Waals surface area contributed by atoms with Gasteiger partial charge in [-0.3, -0.25) is 9.52 Å². The van der Waals surface area contributed by atoms with Crippen LogP contribution in [0.4, 0.5) is 5.82 Å². The summed E-state index contributed by atoms with van der Waals surface area (Å²) >= 11 is 0.801. The number of aromatic carboxylic acids is 1. The van der Waals surface area contributed by atoms with Crippen LogP contribution in [0.3, 0.4) is 0 Å². The molecule has 0 aliphatic carbocycles. The first-order valence-corrected chi connectivity index (χ1v) is 7.16. The second-order valence-corrected chi connectivity index (χ2v) is 5.90. The molecule has 0 fully saturated rings. The third kappa shape index (κ3) is 2.80. The summed E-state index contributed by atoms with van der Waals surface area (Å²) < 4.78 is 26.0. The molecule has 3 N–H and O–H groups in total. The highest BCUT2D eigenvalue weighted by Gasteiger charge is 2.24. The van der Waals surface area contributed by atoms with Crippen molar-refractivity contribution < 1.29 is 18.3 Å². The maximum absolute atomic E-state index is 12.0. The highest BCUT2D eigenvalue weighted by Crippen LogP contribution is 2.23. The number of anilines is 1. The number of sulfonamides is 1. The van der Waals surface area contributed by atoms with Gasteiger partial charge >= 0.3 is 5.97 Å². The van der Waals surface area contributed by atoms with E-state index in [1.54, 1.807) is 0 Å². The number of aromatic amines is 1. The van der Waals surface area contributed by atoms with Gasteiger partial charge in [0.15, 0.2) is 5.82 Å². The Morgan fingerprint density at radius 2 is 2.11 bits per heavy atom. The molecule has 0 aromatic carbocycles. The normalized spacial score (nSPS) is 11.2. The molecule has 2 aromatic heterocycles. The Labute approximate surface area is 110 Å². The van der Waals surface area contributed by atoms with Gasteiger partial charge in [0.25, 0.3) is 15.6 Å². The molecule has 19 heavy (non-hydrogen) atoms. The summed E-state index contributed by atoms with van der Waals surface area (Å²) in [5, 5.41) is 15.8. The lowest BCUT2D eigenvalue weighted by Crippen LogP contribution is -2.17. The number of hydrogen-bond acceptors (Lipinski definition) is 6. The molecule has 0 saturated heterocycles. The van der Waals surface area contributed by atoms with E-state index in [1.807, 2.05) is 0 Å². The first-order chi connectivity index (χ1) is 8.90. The van der Waals surface area contributed by atoms with Crippen molar-refractivity contribution in [2.45, 2.75) is 4.90 Å². The maximum atomic E-state index is 12.0. The lowest BCUT2D eigenvalue weighted by Gasteiger charge is -2.05. The minimum atomic E-state index is -4.06. The zero-order valence-electron chi connectivity index (χ0n) is 9.15. The third-order valence-corrected chi connectivity index (χ3v) is 4.46. The van der Waals surface area contributed by atoms with Crippen LogP contribution in [0.5, 0.6) is 0 Å². The van der Waals surface area contributed by atoms with Gasteiger partial charge in [-0.05, 0) is 17.5 Å². The molecule has 0 amide bonds. The van der Waals surface area contributed by atoms with E-state index < -0.39 is 21.6 Å². The molecule has 0 spiro atoms. The number of hydrogen-bond donors (Lipinski definition) is 3. The van der Waals surface area contributed by atoms with Crippen LogP contribution in [-0.4, -0.2) is 29.7 Å². The number of nitrogens with zero attached hydrogens (tertiary/aromatic N) is 1. The molecule has 0 radical (unpaired) electrons. The number of carboxylic acid groups (broad SMARTS) is 1. The molecular formula is C9H7N3O5S2. The van der Waals surface area contributed by atoms with Crippen LogP contribution in [0.1, 0.15) is 9.67 Å². The van der Waals surface area contributed by atoms with E-state index >= 15 is 0 Å². The Morgan fingerprint density at radius 3 is 2.68 bits per heavy atom. The predicted octanol–water partition coefficient (Wildman–Crippen LogP) is 0.330. The van der Waals surface area contributed by atoms with Crippen molar-refractivity contribution in [3.8, 4) is 0 Å². The smallest absolute Gasteiger partial charge is 0.347 e. The summed E-state index contributed by atoms with van der Waals surface area (Å²) in [7, 11) is -4.06. The van der Waals surface area contributed by atoms with E-state index in [2.05, 4.69) is 14.9 Å². The van der Waals surface area contributed by atoms with Crippen molar-refractivity contribution in [2.75, 3.05) is 4.72 Å². The molecule has 10 heteroatoms. The van der Waals surface area contributed by atoms with Gasteiger partial charge in [0.2, 0.25) is 0 Å². The van der Waals surface area contributed by atoms with E-state index in [0.717, 1.165) is 17.4 Å². The number of aromatic nitrogens is 2. The monoisotopic (exact) mass is 301 g/mol. The largest absolute Gasteiger partial charge is 0.477 e. The fourth-order valence-corrected chi connectivity index (χ4v) is 3.52. The zero-order chi connectivity index (χ0) is 14.0. The number of H-pyrrole nitrogens is 1. The van der Waals surface area contributed by atoms with E-state index in [1.165, 1.54) is 17.5 Å². The van der Waals surface area contributed by atoms with Gasteiger partial charge in [0.05, 0.1) is 0 Å². The standard InChI is InChI=1S/C9H7N3O5S2/c13-7-2-1-6(10-11-7)12-19(16,17)5-3-4-18-8(5)9(14)15/h1-4H,(H,10,12)(H,11,13)(H,14,15). The Kier molecular flexibility index (Phi) is 3.36. The zero-order valence-corrected chi connectivity index (χ0v) is 10.8. The molecule has 0 aliphatic heterocycles. The second kappa shape index (κ2) is 4.82. The van der Waals surface area contributed by atoms with Crippen LogP contribution in [0.2, 0.25) is 0 Å². The average Bonchev–Trinajstić information content (AvgIpc) is 2.82. The summed E-state index contributed by atoms with van der Waals surface area (Å²) in [6.45, 7) is 0. The molecule has 0 saturated carbocycles. The molecule has 0 bridgehead atoms. The van der Waals surface area contributed by atoms with Crippen molar-refractivity contribution in [2.24, 2.45) is 0 Å². The fraction of sp³-hybridized carbons (Fsp3) is 0. The number of nitrogens with one attached hydrogen (secondary N) is 2. The van der Waals surface area contributed by atoms with E-state index in [4.69, 9.17) is 5.11 Å². The van der Waals surface area contributed by atoms with E-state index in [-0.39, 0.29) is 15.6 Å². The van der Waals surface area contributed by atoms with Gasteiger partial charge in [-0.1, -0.05) is 0 Å². The average molecular weight is 301 g/mol. The number of thiophene rings is 1. The molecule has 0 aliphatic rings. The number of rotatable bonds is 4. The number of carboxylic acids is 1. The van der Waals surface area contributed by atoms with Crippen molar-refractivity contribution in [3.63, 3.8) is 0 Å². The third-order valence-electron chi connectivity index (χ3n) is 2.03. The predicted molar refractivity (Wildman–Crippen MR) is 66.9 cm³/mol. The molecule has 2 heterocycles. The van der Waals surface area contributed by atoms with Crippen LogP contribution < -0.4 is 10.3 Å². The van der Waals surface area contributed by atoms with Crippen LogP contribution in [0, 0.1) is 0 Å². The molecule has 0 atom stereocenters. The summed E-state index contributed by atoms with van der Waals surface area (Å²) in [4.78, 5) is 21.0. The van der Waals surface area contributed by atoms with Crippen LogP contribution in [0.15, 0.2) is 33.3 Å². The molecular weight excluding hydrogens is 294 g/mol. The molecule has 100 valence electrons. The number of carbonyl (C=O) groups is 1. The van der Waals surface area contributed by atoms with Gasteiger partial charge in [-0.15, -0.1) is 11.3 Å². The molecule has 8 nitrogen and oxygen atoms in total. The Morgan fingerprint density at radius 1 is 1.37 bits per heavy atom. The fourth-order valence-electron chi connectivity index (χ4n) is 1.26. The topological polar surface area (TPSA) is 129 Å². The summed E-state index contributed by atoms with van der Waals surface area (Å²) in [6, 6.07) is 3.45. The Hall–Kier alpha value is -2.20. The quantitative estimate of drug-likeness (QED) is 0.746. The van der Waals surface area contributed by atoms with Crippen LogP contribution in [0.25, 0.3) is 0 Å². The second-order valence-electron chi connectivity index (χ2n) is 3.33. The minimum absolute atomic E-state index is 0.109. The van der Waals surface area contributed by atoms with Crippen molar-refractivity contribution in [1.82, 2.24) is 10.2 Å². The van der Waals surface area contributed by atoms with Crippen molar-refractivity contribution >= 4 is 33.1 Å². The Bertz CT molecular complexity index is 757. The highest BCUT2D eigenvalue weighted by atomic mass is 32.2. The first kappa shape index (κ1) is 13.2. The van der Waals surface area contributed by atoms with Crippen molar-refractivity contribution in [3.05, 3.63) is 38.8 Å². The van der Waals surface area contributed by atoms with E-state index in [0.29, 0.717) is 0 Å². The molecule has 2 rings (SSSR count). The summed E-state index contributed by atoms with van der Waals surface area (Å²) in [6.07, 6.45) is 0. The summed E-state index contributed by atoms with van der Waals surface area (Å²) in [5.74, 6) is -1.44. The maximum Gasteiger partial charge on any atom is 0.347 e. The lowest BCUT2D eigenvalue weighted by atomic mass is 10.5. The van der Waals surface area contributed by atoms with Gasteiger partial charge in [0.1, 0.15) is 9.77 Å². The van der Waals surface area contributed by atoms with Crippen LogP contribution in [-0.2, 0) is 10.0 Å². The van der Waals surface area contributed by atoms with E-state index in [9.17, 15) is 18.0 Å². The lowest BCUT2D eigenvalue weighted by molar-refractivity contribution is 0.0698. The Balaban J connectivity index is 2.38. The van der Waals surface area contributed by atoms with Gasteiger partial charge in [-0.25, -0.2) is 18.3 Å². The first-order valence-electron chi connectivity index (χ1n) is 4.79. The van der Waals surface area contributed by atoms with Gasteiger partial charge in [0, 0.05) is 6.07 Å². The molecule has 0 unspecified atom stereocenters. The van der Waals surface area contributed by atoms with Gasteiger partial charge in [-0.2, -0.15) is 5.10 Å². The van der Waals surface area contributed by atoms with Crippen molar-refractivity contribution in [1.29, 1.82) is 0 Å². The highest BCUT2D eigenvalue weighted by molar-refractivity contribution is 7.93. The SMILES string of the molecule is O=C(O)c1sccc1S(=O)(=O)Nc1ccc(=O)[nH]n1. The van der Waals surface area contributed by atoms with Gasteiger partial charge < -0.3 is 5.11 Å². The summed E-state index contributed by atoms with van der Waals surface area (Å²) in [5.41, 5.74) is -0.482. The minimum Gasteiger partial charge on any atom is -0.477 e. The van der Waals surface area contributed by atoms with Crippen LogP contribution >= 0.6 is 11.3 Å². The molecule has 2 aromatic rings.